The van der Waals surface area contributed by atoms with Crippen molar-refractivity contribution >= 4 is 5.91 Å². The van der Waals surface area contributed by atoms with Gasteiger partial charge in [0.25, 0.3) is 5.91 Å². The lowest BCUT2D eigenvalue weighted by molar-refractivity contribution is -0.128. The molecular weight excluding hydrogens is 378 g/mol. The van der Waals surface area contributed by atoms with E-state index in [1.807, 2.05) is 56.3 Å². The fourth-order valence-corrected chi connectivity index (χ4v) is 3.67. The van der Waals surface area contributed by atoms with E-state index in [4.69, 9.17) is 14.2 Å². The summed E-state index contributed by atoms with van der Waals surface area (Å²) in [5, 5.41) is 3.14. The lowest BCUT2D eigenvalue weighted by atomic mass is 9.87. The highest BCUT2D eigenvalue weighted by atomic mass is 16.5. The first kappa shape index (κ1) is 22.0. The molecule has 0 aliphatic carbocycles. The second-order valence-electron chi connectivity index (χ2n) is 9.57. The van der Waals surface area contributed by atoms with Crippen LogP contribution in [0.4, 0.5) is 0 Å². The van der Waals surface area contributed by atoms with Gasteiger partial charge in [-0.3, -0.25) is 4.79 Å². The normalized spacial score (nSPS) is 18.6. The van der Waals surface area contributed by atoms with Gasteiger partial charge >= 0.3 is 0 Å². The second-order valence-corrected chi connectivity index (χ2v) is 9.57. The third kappa shape index (κ3) is 5.07. The lowest BCUT2D eigenvalue weighted by Crippen LogP contribution is -2.44. The molecule has 0 radical (unpaired) electrons. The predicted molar refractivity (Wildman–Crippen MR) is 118 cm³/mol. The van der Waals surface area contributed by atoms with Gasteiger partial charge in [0, 0.05) is 12.0 Å². The van der Waals surface area contributed by atoms with Crippen LogP contribution < -0.4 is 19.5 Å². The Balaban J connectivity index is 1.72. The Labute approximate surface area is 179 Å². The highest BCUT2D eigenvalue weighted by Crippen LogP contribution is 2.41. The van der Waals surface area contributed by atoms with Gasteiger partial charge in [0.15, 0.2) is 6.10 Å². The monoisotopic (exact) mass is 411 g/mol. The molecule has 1 aliphatic rings. The minimum Gasteiger partial charge on any atom is -0.497 e. The zero-order valence-corrected chi connectivity index (χ0v) is 19.0. The van der Waals surface area contributed by atoms with Crippen molar-refractivity contribution in [1.82, 2.24) is 5.32 Å². The summed E-state index contributed by atoms with van der Waals surface area (Å²) in [4.78, 5) is 12.9. The van der Waals surface area contributed by atoms with Gasteiger partial charge in [-0.1, -0.05) is 32.9 Å². The molecule has 0 saturated carbocycles. The van der Waals surface area contributed by atoms with Crippen LogP contribution in [-0.2, 0) is 10.2 Å². The third-order valence-corrected chi connectivity index (χ3v) is 5.39. The van der Waals surface area contributed by atoms with E-state index in [0.717, 1.165) is 17.1 Å². The molecule has 2 aromatic rings. The van der Waals surface area contributed by atoms with Gasteiger partial charge < -0.3 is 19.5 Å². The van der Waals surface area contributed by atoms with Crippen LogP contribution in [-0.4, -0.2) is 24.7 Å². The molecule has 3 rings (SSSR count). The van der Waals surface area contributed by atoms with Crippen LogP contribution >= 0.6 is 0 Å². The molecule has 1 N–H and O–H groups in total. The van der Waals surface area contributed by atoms with Crippen LogP contribution in [0, 0.1) is 0 Å². The summed E-state index contributed by atoms with van der Waals surface area (Å²) in [5.41, 5.74) is 1.84. The van der Waals surface area contributed by atoms with E-state index in [-0.39, 0.29) is 23.0 Å². The molecule has 0 aromatic heterocycles. The number of carbonyl (C=O) groups is 1. The van der Waals surface area contributed by atoms with Gasteiger partial charge in [-0.05, 0) is 62.1 Å². The van der Waals surface area contributed by atoms with Crippen molar-refractivity contribution in [2.45, 2.75) is 71.1 Å². The topological polar surface area (TPSA) is 56.8 Å². The van der Waals surface area contributed by atoms with Crippen LogP contribution in [0.1, 0.15) is 65.1 Å². The minimum atomic E-state index is -0.620. The van der Waals surface area contributed by atoms with Gasteiger partial charge in [0.1, 0.15) is 22.8 Å². The van der Waals surface area contributed by atoms with Gasteiger partial charge in [0.2, 0.25) is 0 Å². The summed E-state index contributed by atoms with van der Waals surface area (Å²) in [6, 6.07) is 13.4. The van der Waals surface area contributed by atoms with Crippen molar-refractivity contribution < 1.29 is 19.0 Å². The van der Waals surface area contributed by atoms with E-state index in [9.17, 15) is 4.79 Å². The number of carbonyl (C=O) groups excluding carboxylic acids is 1. The Morgan fingerprint density at radius 2 is 1.77 bits per heavy atom. The van der Waals surface area contributed by atoms with E-state index in [2.05, 4.69) is 26.1 Å². The molecule has 1 heterocycles. The molecule has 1 aliphatic heterocycles. The molecule has 0 spiro atoms. The van der Waals surface area contributed by atoms with Crippen molar-refractivity contribution in [3.63, 3.8) is 0 Å². The quantitative estimate of drug-likeness (QED) is 0.737. The van der Waals surface area contributed by atoms with Crippen molar-refractivity contribution in [3.05, 3.63) is 53.6 Å². The number of methoxy groups -OCH3 is 1. The average Bonchev–Trinajstić information content (AvgIpc) is 2.66. The fraction of sp³-hybridized carbons (Fsp3) is 0.480. The van der Waals surface area contributed by atoms with E-state index >= 15 is 0 Å². The third-order valence-electron chi connectivity index (χ3n) is 5.39. The van der Waals surface area contributed by atoms with Crippen LogP contribution in [0.25, 0.3) is 0 Å². The van der Waals surface area contributed by atoms with Crippen LogP contribution in [0.15, 0.2) is 42.5 Å². The molecule has 0 saturated heterocycles. The molecule has 1 amide bonds. The van der Waals surface area contributed by atoms with Crippen LogP contribution in [0.3, 0.4) is 0 Å². The summed E-state index contributed by atoms with van der Waals surface area (Å²) < 4.78 is 17.3. The summed E-state index contributed by atoms with van der Waals surface area (Å²) in [7, 11) is 1.63. The number of fused-ring (bicyclic) bond motifs is 1. The van der Waals surface area contributed by atoms with E-state index < -0.39 is 6.10 Å². The lowest BCUT2D eigenvalue weighted by Gasteiger charge is -2.38. The van der Waals surface area contributed by atoms with Crippen LogP contribution in [0.5, 0.6) is 17.2 Å². The van der Waals surface area contributed by atoms with Gasteiger partial charge in [-0.25, -0.2) is 0 Å². The van der Waals surface area contributed by atoms with Crippen molar-refractivity contribution in [1.29, 1.82) is 0 Å². The number of ether oxygens (including phenoxy) is 3. The maximum absolute atomic E-state index is 12.9. The molecule has 30 heavy (non-hydrogen) atoms. The summed E-state index contributed by atoms with van der Waals surface area (Å²) in [6.07, 6.45) is 0.0387. The molecule has 2 atom stereocenters. The number of hydrogen-bond acceptors (Lipinski definition) is 4. The molecule has 162 valence electrons. The first-order valence-electron chi connectivity index (χ1n) is 10.4. The van der Waals surface area contributed by atoms with Crippen molar-refractivity contribution in [2.75, 3.05) is 7.11 Å². The average molecular weight is 412 g/mol. The Morgan fingerprint density at radius 1 is 1.13 bits per heavy atom. The second kappa shape index (κ2) is 8.21. The number of benzene rings is 2. The van der Waals surface area contributed by atoms with Crippen LogP contribution in [0.2, 0.25) is 0 Å². The molecule has 0 fully saturated rings. The Kier molecular flexibility index (Phi) is 6.02. The largest absolute Gasteiger partial charge is 0.497 e. The maximum Gasteiger partial charge on any atom is 0.261 e. The number of nitrogens with one attached hydrogen (secondary N) is 1. The standard InChI is InChI=1S/C25H33NO4/c1-16(29-18-10-8-17(9-11-18)24(2,3)4)23(27)26-21-15-25(5,6)30-22-13-12-19(28-7)14-20(21)22/h8-14,16,21H,15H2,1-7H3,(H,26,27)/t16-,21+/m1/s1. The van der Waals surface area contributed by atoms with Gasteiger partial charge in [-0.15, -0.1) is 0 Å². The van der Waals surface area contributed by atoms with E-state index in [0.29, 0.717) is 12.2 Å². The smallest absolute Gasteiger partial charge is 0.261 e. The summed E-state index contributed by atoms with van der Waals surface area (Å²) in [5.74, 6) is 2.02. The SMILES string of the molecule is COc1ccc2c(c1)[C@@H](NC(=O)[C@@H](C)Oc1ccc(C(C)(C)C)cc1)CC(C)(C)O2. The summed E-state index contributed by atoms with van der Waals surface area (Å²) >= 11 is 0. The highest BCUT2D eigenvalue weighted by Gasteiger charge is 2.35. The predicted octanol–water partition coefficient (Wildman–Crippen LogP) is 5.18. The molecule has 5 nitrogen and oxygen atoms in total. The van der Waals surface area contributed by atoms with E-state index in [1.54, 1.807) is 14.0 Å². The Morgan fingerprint density at radius 3 is 2.37 bits per heavy atom. The number of rotatable bonds is 5. The minimum absolute atomic E-state index is 0.0752. The van der Waals surface area contributed by atoms with Crippen molar-refractivity contribution in [2.24, 2.45) is 0 Å². The molecule has 5 heteroatoms. The molecule has 0 bridgehead atoms. The molecule has 0 unspecified atom stereocenters. The number of hydrogen-bond donors (Lipinski definition) is 1. The van der Waals surface area contributed by atoms with E-state index in [1.165, 1.54) is 5.56 Å². The zero-order chi connectivity index (χ0) is 22.1. The highest BCUT2D eigenvalue weighted by molar-refractivity contribution is 5.81. The van der Waals surface area contributed by atoms with Gasteiger partial charge in [-0.2, -0.15) is 0 Å². The molecule has 2 aromatic carbocycles. The Bertz CT molecular complexity index is 896. The van der Waals surface area contributed by atoms with Gasteiger partial charge in [0.05, 0.1) is 13.2 Å². The van der Waals surface area contributed by atoms with Crippen molar-refractivity contribution in [3.8, 4) is 17.2 Å². The molecular formula is C25H33NO4. The summed E-state index contributed by atoms with van der Waals surface area (Å²) in [6.45, 7) is 12.3. The first-order chi connectivity index (χ1) is 14.0. The zero-order valence-electron chi connectivity index (χ0n) is 19.0. The Hall–Kier alpha value is -2.69. The number of amides is 1. The maximum atomic E-state index is 12.9. The fourth-order valence-electron chi connectivity index (χ4n) is 3.67. The first-order valence-corrected chi connectivity index (χ1v) is 10.4.